The van der Waals surface area contributed by atoms with Crippen LogP contribution in [-0.4, -0.2) is 61.2 Å². The Bertz CT molecular complexity index is 369. The van der Waals surface area contributed by atoms with Crippen molar-refractivity contribution in [3.8, 4) is 0 Å². The fraction of sp³-hybridized carbons (Fsp3) is 0.692. The van der Waals surface area contributed by atoms with E-state index in [1.807, 2.05) is 12.3 Å². The van der Waals surface area contributed by atoms with Crippen molar-refractivity contribution in [1.29, 1.82) is 0 Å². The third-order valence-corrected chi connectivity index (χ3v) is 3.50. The average Bonchev–Trinajstić information content (AvgIpc) is 2.41. The number of hydrogen-bond donors (Lipinski definition) is 0. The van der Waals surface area contributed by atoms with E-state index in [1.54, 1.807) is 0 Å². The van der Waals surface area contributed by atoms with Crippen LogP contribution in [0.5, 0.6) is 0 Å². The van der Waals surface area contributed by atoms with Gasteiger partial charge < -0.3 is 14.7 Å². The van der Waals surface area contributed by atoms with Gasteiger partial charge in [0.1, 0.15) is 5.82 Å². The van der Waals surface area contributed by atoms with Gasteiger partial charge in [-0.3, -0.25) is 0 Å². The van der Waals surface area contributed by atoms with Crippen LogP contribution in [0.3, 0.4) is 0 Å². The molecule has 0 aliphatic carbocycles. The number of aromatic nitrogens is 2. The molecule has 18 heavy (non-hydrogen) atoms. The molecule has 0 bridgehead atoms. The fourth-order valence-electron chi connectivity index (χ4n) is 2.22. The summed E-state index contributed by atoms with van der Waals surface area (Å²) >= 11 is 0. The molecule has 1 fully saturated rings. The summed E-state index contributed by atoms with van der Waals surface area (Å²) in [5.41, 5.74) is 0. The number of piperazine rings is 1. The normalized spacial score (nSPS) is 16.9. The number of rotatable bonds is 4. The number of anilines is 2. The molecule has 0 amide bonds. The van der Waals surface area contributed by atoms with E-state index >= 15 is 0 Å². The summed E-state index contributed by atoms with van der Waals surface area (Å²) in [6.45, 7) is 10.5. The third-order valence-electron chi connectivity index (χ3n) is 3.50. The Labute approximate surface area is 109 Å². The van der Waals surface area contributed by atoms with Crippen LogP contribution in [0.1, 0.15) is 13.8 Å². The van der Waals surface area contributed by atoms with Gasteiger partial charge in [-0.25, -0.2) is 4.98 Å². The van der Waals surface area contributed by atoms with Crippen molar-refractivity contribution in [2.75, 3.05) is 56.1 Å². The van der Waals surface area contributed by atoms with Crippen LogP contribution < -0.4 is 9.80 Å². The molecule has 5 heteroatoms. The number of hydrogen-bond acceptors (Lipinski definition) is 5. The number of nitrogens with zero attached hydrogens (tertiary/aromatic N) is 5. The molecule has 0 atom stereocenters. The Morgan fingerprint density at radius 3 is 2.44 bits per heavy atom. The quantitative estimate of drug-likeness (QED) is 0.798. The predicted octanol–water partition coefficient (Wildman–Crippen LogP) is 1.07. The van der Waals surface area contributed by atoms with Gasteiger partial charge in [0.05, 0.1) is 0 Å². The first kappa shape index (κ1) is 13.1. The van der Waals surface area contributed by atoms with Crippen LogP contribution in [0, 0.1) is 0 Å². The van der Waals surface area contributed by atoms with Gasteiger partial charge in [-0.05, 0) is 27.0 Å². The van der Waals surface area contributed by atoms with Crippen molar-refractivity contribution in [2.45, 2.75) is 13.8 Å². The van der Waals surface area contributed by atoms with Crippen molar-refractivity contribution >= 4 is 11.8 Å². The maximum atomic E-state index is 4.69. The highest BCUT2D eigenvalue weighted by Crippen LogP contribution is 2.15. The maximum absolute atomic E-state index is 4.69. The van der Waals surface area contributed by atoms with Gasteiger partial charge >= 0.3 is 0 Å². The van der Waals surface area contributed by atoms with Gasteiger partial charge in [-0.15, -0.1) is 0 Å². The standard InChI is InChI=1S/C13H23N5/c1-4-17(5-2)12-6-7-14-13(15-12)18-10-8-16(3)9-11-18/h6-7H,4-5,8-11H2,1-3H3. The van der Waals surface area contributed by atoms with E-state index in [2.05, 4.69) is 45.6 Å². The second-order valence-corrected chi connectivity index (χ2v) is 4.68. The monoisotopic (exact) mass is 249 g/mol. The molecule has 2 rings (SSSR count). The van der Waals surface area contributed by atoms with Crippen molar-refractivity contribution in [1.82, 2.24) is 14.9 Å². The summed E-state index contributed by atoms with van der Waals surface area (Å²) in [5, 5.41) is 0. The van der Waals surface area contributed by atoms with E-state index < -0.39 is 0 Å². The Hall–Kier alpha value is -1.36. The molecule has 1 aliphatic heterocycles. The van der Waals surface area contributed by atoms with Gasteiger partial charge in [0.25, 0.3) is 0 Å². The minimum atomic E-state index is 0.868. The lowest BCUT2D eigenvalue weighted by Gasteiger charge is -2.32. The minimum absolute atomic E-state index is 0.868. The Balaban J connectivity index is 2.11. The highest BCUT2D eigenvalue weighted by molar-refractivity contribution is 5.43. The van der Waals surface area contributed by atoms with E-state index in [1.165, 1.54) is 0 Å². The third kappa shape index (κ3) is 2.90. The highest BCUT2D eigenvalue weighted by Gasteiger charge is 2.17. The van der Waals surface area contributed by atoms with Crippen LogP contribution >= 0.6 is 0 Å². The summed E-state index contributed by atoms with van der Waals surface area (Å²) in [6.07, 6.45) is 1.87. The molecule has 0 N–H and O–H groups in total. The number of likely N-dealkylation sites (N-methyl/N-ethyl adjacent to an activating group) is 1. The summed E-state index contributed by atoms with van der Waals surface area (Å²) in [6, 6.07) is 1.99. The summed E-state index contributed by atoms with van der Waals surface area (Å²) in [7, 11) is 2.16. The molecule has 0 unspecified atom stereocenters. The van der Waals surface area contributed by atoms with E-state index in [9.17, 15) is 0 Å². The molecule has 1 aromatic rings. The Morgan fingerprint density at radius 1 is 1.17 bits per heavy atom. The summed E-state index contributed by atoms with van der Waals surface area (Å²) in [5.74, 6) is 1.90. The molecule has 0 aromatic carbocycles. The molecule has 1 aromatic heterocycles. The average molecular weight is 249 g/mol. The van der Waals surface area contributed by atoms with Crippen LogP contribution in [0.25, 0.3) is 0 Å². The molecule has 1 aliphatic rings. The van der Waals surface area contributed by atoms with Gasteiger partial charge in [-0.2, -0.15) is 4.98 Å². The van der Waals surface area contributed by atoms with Gasteiger partial charge in [0.15, 0.2) is 0 Å². The lowest BCUT2D eigenvalue weighted by molar-refractivity contribution is 0.311. The fourth-order valence-corrected chi connectivity index (χ4v) is 2.22. The van der Waals surface area contributed by atoms with E-state index in [-0.39, 0.29) is 0 Å². The summed E-state index contributed by atoms with van der Waals surface area (Å²) in [4.78, 5) is 16.0. The van der Waals surface area contributed by atoms with E-state index in [4.69, 9.17) is 0 Å². The molecule has 0 spiro atoms. The molecule has 2 heterocycles. The first-order chi connectivity index (χ1) is 8.74. The first-order valence-electron chi connectivity index (χ1n) is 6.76. The van der Waals surface area contributed by atoms with Crippen LogP contribution in [0.4, 0.5) is 11.8 Å². The smallest absolute Gasteiger partial charge is 0.227 e. The van der Waals surface area contributed by atoms with Crippen molar-refractivity contribution in [3.05, 3.63) is 12.3 Å². The minimum Gasteiger partial charge on any atom is -0.357 e. The largest absolute Gasteiger partial charge is 0.357 e. The molecule has 5 nitrogen and oxygen atoms in total. The zero-order valence-corrected chi connectivity index (χ0v) is 11.6. The molecular formula is C13H23N5. The molecule has 0 radical (unpaired) electrons. The zero-order chi connectivity index (χ0) is 13.0. The van der Waals surface area contributed by atoms with E-state index in [0.29, 0.717) is 0 Å². The second kappa shape index (κ2) is 6.00. The second-order valence-electron chi connectivity index (χ2n) is 4.68. The zero-order valence-electron chi connectivity index (χ0n) is 11.6. The first-order valence-corrected chi connectivity index (χ1v) is 6.76. The molecular weight excluding hydrogens is 226 g/mol. The van der Waals surface area contributed by atoms with E-state index in [0.717, 1.165) is 51.0 Å². The maximum Gasteiger partial charge on any atom is 0.227 e. The Morgan fingerprint density at radius 2 is 1.83 bits per heavy atom. The lowest BCUT2D eigenvalue weighted by Crippen LogP contribution is -2.45. The van der Waals surface area contributed by atoms with Crippen molar-refractivity contribution in [2.24, 2.45) is 0 Å². The van der Waals surface area contributed by atoms with Gasteiger partial charge in [0, 0.05) is 45.5 Å². The summed E-state index contributed by atoms with van der Waals surface area (Å²) < 4.78 is 0. The van der Waals surface area contributed by atoms with Crippen LogP contribution in [0.15, 0.2) is 12.3 Å². The molecule has 100 valence electrons. The van der Waals surface area contributed by atoms with Crippen LogP contribution in [0.2, 0.25) is 0 Å². The SMILES string of the molecule is CCN(CC)c1ccnc(N2CCN(C)CC2)n1. The van der Waals surface area contributed by atoms with Gasteiger partial charge in [0.2, 0.25) is 5.95 Å². The van der Waals surface area contributed by atoms with Crippen molar-refractivity contribution < 1.29 is 0 Å². The Kier molecular flexibility index (Phi) is 4.36. The predicted molar refractivity (Wildman–Crippen MR) is 75.3 cm³/mol. The van der Waals surface area contributed by atoms with Gasteiger partial charge in [-0.1, -0.05) is 0 Å². The lowest BCUT2D eigenvalue weighted by atomic mass is 10.3. The topological polar surface area (TPSA) is 35.5 Å². The highest BCUT2D eigenvalue weighted by atomic mass is 15.3. The molecule has 0 saturated carbocycles. The molecule has 1 saturated heterocycles. The van der Waals surface area contributed by atoms with Crippen LogP contribution in [-0.2, 0) is 0 Å². The van der Waals surface area contributed by atoms with Crippen molar-refractivity contribution in [3.63, 3.8) is 0 Å².